The summed E-state index contributed by atoms with van der Waals surface area (Å²) in [6.45, 7) is 5.51. The lowest BCUT2D eigenvalue weighted by Gasteiger charge is -2.19. The van der Waals surface area contributed by atoms with Crippen molar-refractivity contribution in [1.29, 1.82) is 0 Å². The number of carbonyl (C=O) groups is 1. The second kappa shape index (κ2) is 7.00. The largest absolute Gasteiger partial charge is 0.448 e. The lowest BCUT2D eigenvalue weighted by atomic mass is 10.1. The number of rotatable bonds is 6. The van der Waals surface area contributed by atoms with E-state index in [9.17, 15) is 13.2 Å². The normalized spacial score (nSPS) is 16.7. The average Bonchev–Trinajstić information content (AvgIpc) is 3.07. The van der Waals surface area contributed by atoms with Crippen molar-refractivity contribution in [2.45, 2.75) is 58.0 Å². The van der Waals surface area contributed by atoms with Gasteiger partial charge in [0.1, 0.15) is 6.26 Å². The summed E-state index contributed by atoms with van der Waals surface area (Å²) in [6, 6.07) is 0. The van der Waals surface area contributed by atoms with Crippen LogP contribution in [0.5, 0.6) is 0 Å². The van der Waals surface area contributed by atoms with Crippen molar-refractivity contribution in [2.75, 3.05) is 12.4 Å². The van der Waals surface area contributed by atoms with Gasteiger partial charge in [0.25, 0.3) is 5.91 Å². The second-order valence-electron chi connectivity index (χ2n) is 6.76. The van der Waals surface area contributed by atoms with E-state index >= 15 is 0 Å². The topological polar surface area (TPSA) is 98.5 Å². The van der Waals surface area contributed by atoms with Gasteiger partial charge < -0.3 is 9.15 Å². The zero-order valence-electron chi connectivity index (χ0n) is 13.8. The summed E-state index contributed by atoms with van der Waals surface area (Å²) in [5, 5.41) is 0. The Morgan fingerprint density at radius 3 is 2.65 bits per heavy atom. The molecule has 0 radical (unpaired) electrons. The molecule has 1 aromatic heterocycles. The van der Waals surface area contributed by atoms with Crippen molar-refractivity contribution in [3.8, 4) is 0 Å². The van der Waals surface area contributed by atoms with Crippen molar-refractivity contribution >= 4 is 15.9 Å². The Labute approximate surface area is 136 Å². The van der Waals surface area contributed by atoms with Crippen LogP contribution in [0.2, 0.25) is 0 Å². The molecule has 0 saturated heterocycles. The van der Waals surface area contributed by atoms with Gasteiger partial charge >= 0.3 is 0 Å². The van der Waals surface area contributed by atoms with Gasteiger partial charge in [0.15, 0.2) is 11.6 Å². The molecule has 1 fully saturated rings. The van der Waals surface area contributed by atoms with E-state index in [0.29, 0.717) is 5.89 Å². The molecule has 2 rings (SSSR count). The van der Waals surface area contributed by atoms with Crippen LogP contribution in [0.15, 0.2) is 10.7 Å². The smallest absolute Gasteiger partial charge is 0.286 e. The van der Waals surface area contributed by atoms with E-state index in [1.165, 1.54) is 6.26 Å². The van der Waals surface area contributed by atoms with Crippen LogP contribution < -0.4 is 4.72 Å². The molecule has 23 heavy (non-hydrogen) atoms. The second-order valence-corrected chi connectivity index (χ2v) is 8.61. The van der Waals surface area contributed by atoms with Gasteiger partial charge in [-0.3, -0.25) is 4.79 Å². The Hall–Kier alpha value is -1.41. The highest BCUT2D eigenvalue weighted by atomic mass is 32.2. The molecule has 130 valence electrons. The highest BCUT2D eigenvalue weighted by Crippen LogP contribution is 2.33. The maximum absolute atomic E-state index is 12.0. The lowest BCUT2D eigenvalue weighted by Crippen LogP contribution is -2.35. The summed E-state index contributed by atoms with van der Waals surface area (Å²) in [6.07, 6.45) is 5.44. The molecule has 1 heterocycles. The van der Waals surface area contributed by atoms with Gasteiger partial charge in [-0.05, 0) is 33.6 Å². The molecule has 1 aromatic rings. The Morgan fingerprint density at radius 2 is 2.04 bits per heavy atom. The molecule has 0 atom stereocenters. The molecular weight excluding hydrogens is 320 g/mol. The Balaban J connectivity index is 1.90. The Morgan fingerprint density at radius 1 is 1.39 bits per heavy atom. The minimum Gasteiger partial charge on any atom is -0.448 e. The van der Waals surface area contributed by atoms with Crippen LogP contribution in [0, 0.1) is 0 Å². The number of carbonyl (C=O) groups excluding carboxylic acids is 1. The van der Waals surface area contributed by atoms with Gasteiger partial charge in [-0.2, -0.15) is 0 Å². The number of amides is 1. The highest BCUT2D eigenvalue weighted by molar-refractivity contribution is 7.90. The van der Waals surface area contributed by atoms with Gasteiger partial charge in [0, 0.05) is 5.92 Å². The van der Waals surface area contributed by atoms with E-state index in [0.717, 1.165) is 25.7 Å². The minimum absolute atomic E-state index is 0.00721. The number of oxazole rings is 1. The van der Waals surface area contributed by atoms with Crippen LogP contribution in [-0.4, -0.2) is 37.3 Å². The maximum atomic E-state index is 12.0. The number of ether oxygens (including phenoxy) is 1. The molecule has 7 nitrogen and oxygen atoms in total. The van der Waals surface area contributed by atoms with Crippen molar-refractivity contribution in [3.05, 3.63) is 17.8 Å². The molecule has 1 amide bonds. The Bertz CT molecular complexity index is 639. The predicted molar refractivity (Wildman–Crippen MR) is 84.7 cm³/mol. The fourth-order valence-electron chi connectivity index (χ4n) is 2.45. The fraction of sp³-hybridized carbons (Fsp3) is 0.733. The van der Waals surface area contributed by atoms with E-state index in [2.05, 4.69) is 4.98 Å². The lowest BCUT2D eigenvalue weighted by molar-refractivity contribution is 0.00641. The van der Waals surface area contributed by atoms with Crippen LogP contribution in [0.25, 0.3) is 0 Å². The number of sulfonamides is 1. The number of nitrogens with zero attached hydrogens (tertiary/aromatic N) is 1. The standard InChI is InChI=1S/C15H24N2O5S/c1-15(2,3)22-8-9-23(19,20)17-13(18)12-10-21-14(16-12)11-6-4-5-7-11/h10-11H,4-9H2,1-3H3,(H,17,18). The molecule has 0 bridgehead atoms. The van der Waals surface area contributed by atoms with E-state index < -0.39 is 21.5 Å². The molecule has 0 aromatic carbocycles. The van der Waals surface area contributed by atoms with Crippen LogP contribution in [-0.2, 0) is 14.8 Å². The highest BCUT2D eigenvalue weighted by Gasteiger charge is 2.25. The van der Waals surface area contributed by atoms with E-state index in [4.69, 9.17) is 9.15 Å². The van der Waals surface area contributed by atoms with E-state index in [-0.39, 0.29) is 24.0 Å². The molecular formula is C15H24N2O5S. The van der Waals surface area contributed by atoms with Crippen molar-refractivity contribution < 1.29 is 22.4 Å². The van der Waals surface area contributed by atoms with Gasteiger partial charge in [0.05, 0.1) is 18.0 Å². The zero-order valence-corrected chi connectivity index (χ0v) is 14.6. The molecule has 0 spiro atoms. The third-order valence-corrected chi connectivity index (χ3v) is 4.79. The quantitative estimate of drug-likeness (QED) is 0.849. The average molecular weight is 344 g/mol. The third-order valence-electron chi connectivity index (χ3n) is 3.59. The first-order valence-corrected chi connectivity index (χ1v) is 9.46. The number of hydrogen-bond donors (Lipinski definition) is 1. The molecule has 1 saturated carbocycles. The first-order chi connectivity index (χ1) is 10.7. The van der Waals surface area contributed by atoms with Crippen LogP contribution >= 0.6 is 0 Å². The maximum Gasteiger partial charge on any atom is 0.286 e. The fourth-order valence-corrected chi connectivity index (χ4v) is 3.25. The van der Waals surface area contributed by atoms with Gasteiger partial charge in [-0.1, -0.05) is 12.8 Å². The summed E-state index contributed by atoms with van der Waals surface area (Å²) in [5.74, 6) is -0.313. The number of nitrogens with one attached hydrogen (secondary N) is 1. The first-order valence-electron chi connectivity index (χ1n) is 7.80. The van der Waals surface area contributed by atoms with Crippen LogP contribution in [0.3, 0.4) is 0 Å². The van der Waals surface area contributed by atoms with Crippen LogP contribution in [0.1, 0.15) is 68.8 Å². The number of aromatic nitrogens is 1. The SMILES string of the molecule is CC(C)(C)OCCS(=O)(=O)NC(=O)c1coc(C2CCCC2)n1. The summed E-state index contributed by atoms with van der Waals surface area (Å²) in [7, 11) is -3.77. The summed E-state index contributed by atoms with van der Waals surface area (Å²) in [5.41, 5.74) is -0.436. The minimum atomic E-state index is -3.77. The summed E-state index contributed by atoms with van der Waals surface area (Å²) >= 11 is 0. The van der Waals surface area contributed by atoms with E-state index in [1.54, 1.807) is 0 Å². The summed E-state index contributed by atoms with van der Waals surface area (Å²) < 4.78 is 36.5. The van der Waals surface area contributed by atoms with Gasteiger partial charge in [-0.15, -0.1) is 0 Å². The molecule has 0 aliphatic heterocycles. The van der Waals surface area contributed by atoms with Crippen LogP contribution in [0.4, 0.5) is 0 Å². The molecule has 1 aliphatic rings. The molecule has 0 unspecified atom stereocenters. The molecule has 1 aliphatic carbocycles. The third kappa shape index (κ3) is 5.62. The first kappa shape index (κ1) is 17.9. The molecule has 8 heteroatoms. The van der Waals surface area contributed by atoms with Crippen molar-refractivity contribution in [3.63, 3.8) is 0 Å². The van der Waals surface area contributed by atoms with E-state index in [1.807, 2.05) is 25.5 Å². The monoisotopic (exact) mass is 344 g/mol. The van der Waals surface area contributed by atoms with Gasteiger partial charge in [-0.25, -0.2) is 18.1 Å². The van der Waals surface area contributed by atoms with Crippen molar-refractivity contribution in [1.82, 2.24) is 9.71 Å². The predicted octanol–water partition coefficient (Wildman–Crippen LogP) is 2.21. The summed E-state index contributed by atoms with van der Waals surface area (Å²) in [4.78, 5) is 16.1. The molecule has 1 N–H and O–H groups in total. The van der Waals surface area contributed by atoms with Gasteiger partial charge in [0.2, 0.25) is 10.0 Å². The zero-order chi connectivity index (χ0) is 17.1. The Kier molecular flexibility index (Phi) is 5.46. The van der Waals surface area contributed by atoms with Crippen molar-refractivity contribution in [2.24, 2.45) is 0 Å². The number of hydrogen-bond acceptors (Lipinski definition) is 6.